The summed E-state index contributed by atoms with van der Waals surface area (Å²) in [5, 5.41) is 0. The first-order valence-corrected chi connectivity index (χ1v) is 6.59. The van der Waals surface area contributed by atoms with E-state index in [1.54, 1.807) is 0 Å². The number of nitrogens with zero attached hydrogens (tertiary/aromatic N) is 2. The Morgan fingerprint density at radius 3 is 2.63 bits per heavy atom. The monoisotopic (exact) mass is 280 g/mol. The Morgan fingerprint density at radius 2 is 2.00 bits per heavy atom. The number of hydrogen-bond donors (Lipinski definition) is 2. The van der Waals surface area contributed by atoms with E-state index in [9.17, 15) is 0 Å². The van der Waals surface area contributed by atoms with Crippen molar-refractivity contribution >= 4 is 11.4 Å². The smallest absolute Gasteiger partial charge is 0.157 e. The zero-order chi connectivity index (χ0) is 12.5. The van der Waals surface area contributed by atoms with Gasteiger partial charge in [0.25, 0.3) is 0 Å². The second-order valence-electron chi connectivity index (χ2n) is 5.31. The van der Waals surface area contributed by atoms with Gasteiger partial charge in [0.2, 0.25) is 0 Å². The molecule has 0 spiro atoms. The van der Waals surface area contributed by atoms with Crippen molar-refractivity contribution in [1.82, 2.24) is 4.90 Å². The number of nitrogen functional groups attached to an aromatic ring is 1. The van der Waals surface area contributed by atoms with Gasteiger partial charge in [0.1, 0.15) is 6.20 Å². The summed E-state index contributed by atoms with van der Waals surface area (Å²) in [7, 11) is 2.20. The van der Waals surface area contributed by atoms with E-state index in [0.717, 1.165) is 25.4 Å². The minimum Gasteiger partial charge on any atom is -1.00 e. The van der Waals surface area contributed by atoms with Gasteiger partial charge in [0, 0.05) is 24.5 Å². The predicted octanol–water partition coefficient (Wildman–Crippen LogP) is -2.89. The zero-order valence-corrected chi connectivity index (χ0v) is 12.0. The lowest BCUT2D eigenvalue weighted by Crippen LogP contribution is -3.04. The predicted molar refractivity (Wildman–Crippen MR) is 74.2 cm³/mol. The minimum atomic E-state index is 0. The Morgan fingerprint density at radius 1 is 1.26 bits per heavy atom. The van der Waals surface area contributed by atoms with Crippen molar-refractivity contribution in [3.8, 4) is 0 Å². The summed E-state index contributed by atoms with van der Waals surface area (Å²) >= 11 is 0. The van der Waals surface area contributed by atoms with Crippen LogP contribution >= 0.6 is 0 Å². The van der Waals surface area contributed by atoms with E-state index in [2.05, 4.69) is 41.4 Å². The second kappa shape index (κ2) is 5.72. The van der Waals surface area contributed by atoms with Gasteiger partial charge in [0.15, 0.2) is 6.67 Å². The van der Waals surface area contributed by atoms with Crippen molar-refractivity contribution in [2.24, 2.45) is 0 Å². The number of halogens is 1. The van der Waals surface area contributed by atoms with Crippen molar-refractivity contribution in [3.05, 3.63) is 36.7 Å². The van der Waals surface area contributed by atoms with Crippen LogP contribution < -0.4 is 27.9 Å². The summed E-state index contributed by atoms with van der Waals surface area (Å²) in [4.78, 5) is 6.37. The molecule has 0 bridgehead atoms. The van der Waals surface area contributed by atoms with Gasteiger partial charge in [-0.05, 0) is 30.7 Å². The Labute approximate surface area is 120 Å². The van der Waals surface area contributed by atoms with Gasteiger partial charge in [-0.3, -0.25) is 4.90 Å². The van der Waals surface area contributed by atoms with Crippen molar-refractivity contribution in [1.29, 1.82) is 0 Å². The quantitative estimate of drug-likeness (QED) is 0.571. The van der Waals surface area contributed by atoms with E-state index < -0.39 is 0 Å². The van der Waals surface area contributed by atoms with E-state index in [-0.39, 0.29) is 12.4 Å². The Hall–Kier alpha value is -1.39. The van der Waals surface area contributed by atoms with Crippen LogP contribution in [0.3, 0.4) is 0 Å². The van der Waals surface area contributed by atoms with E-state index in [1.807, 2.05) is 12.1 Å². The SMILES string of the molecule is C[NH+]1C=CN(C2CCN(c3ccc(N)cc3)C2)C1.[Cl-]. The molecule has 0 saturated carbocycles. The fourth-order valence-corrected chi connectivity index (χ4v) is 2.80. The maximum atomic E-state index is 5.73. The molecule has 1 aromatic rings. The summed E-state index contributed by atoms with van der Waals surface area (Å²) in [6.07, 6.45) is 5.71. The first-order chi connectivity index (χ1) is 8.72. The molecule has 0 aromatic heterocycles. The lowest BCUT2D eigenvalue weighted by molar-refractivity contribution is -0.827. The molecule has 0 amide bonds. The number of nitrogens with two attached hydrogens (primary N) is 1. The molecule has 1 saturated heterocycles. The molecule has 2 atom stereocenters. The number of anilines is 2. The largest absolute Gasteiger partial charge is 1.00 e. The molecule has 1 fully saturated rings. The number of nitrogens with one attached hydrogen (secondary N) is 1. The van der Waals surface area contributed by atoms with Crippen molar-refractivity contribution in [2.45, 2.75) is 12.5 Å². The molecule has 0 radical (unpaired) electrons. The van der Waals surface area contributed by atoms with Gasteiger partial charge in [-0.1, -0.05) is 0 Å². The summed E-state index contributed by atoms with van der Waals surface area (Å²) in [6.45, 7) is 3.35. The summed E-state index contributed by atoms with van der Waals surface area (Å²) in [6, 6.07) is 8.85. The van der Waals surface area contributed by atoms with Gasteiger partial charge in [-0.15, -0.1) is 0 Å². The lowest BCUT2D eigenvalue weighted by Gasteiger charge is -2.24. The van der Waals surface area contributed by atoms with Crippen LogP contribution in [-0.4, -0.2) is 37.7 Å². The molecule has 5 heteroatoms. The van der Waals surface area contributed by atoms with Crippen LogP contribution in [0.25, 0.3) is 0 Å². The average molecular weight is 281 g/mol. The molecule has 3 N–H and O–H groups in total. The molecule has 0 aliphatic carbocycles. The maximum Gasteiger partial charge on any atom is 0.157 e. The van der Waals surface area contributed by atoms with Gasteiger partial charge < -0.3 is 27.9 Å². The minimum absolute atomic E-state index is 0. The Bertz CT molecular complexity index is 445. The number of hydrogen-bond acceptors (Lipinski definition) is 3. The fraction of sp³-hybridized carbons (Fsp3) is 0.429. The molecule has 2 aliphatic rings. The standard InChI is InChI=1S/C14H20N4.ClH/c1-16-8-9-18(11-16)14-6-7-17(10-14)13-4-2-12(15)3-5-13;/h2-5,8-9,14H,6-7,10-11,15H2,1H3;1H. The molecule has 1 aromatic carbocycles. The van der Waals surface area contributed by atoms with E-state index in [4.69, 9.17) is 5.73 Å². The first kappa shape index (κ1) is 14.0. The first-order valence-electron chi connectivity index (χ1n) is 6.59. The van der Waals surface area contributed by atoms with Crippen LogP contribution in [0.1, 0.15) is 6.42 Å². The average Bonchev–Trinajstić information content (AvgIpc) is 2.98. The Balaban J connectivity index is 0.00000133. The molecule has 19 heavy (non-hydrogen) atoms. The van der Waals surface area contributed by atoms with Gasteiger partial charge in [0.05, 0.1) is 19.3 Å². The molecule has 2 unspecified atom stereocenters. The topological polar surface area (TPSA) is 36.9 Å². The van der Waals surface area contributed by atoms with Crippen LogP contribution in [0.5, 0.6) is 0 Å². The van der Waals surface area contributed by atoms with Crippen LogP contribution in [0, 0.1) is 0 Å². The third-order valence-electron chi connectivity index (χ3n) is 3.87. The fourth-order valence-electron chi connectivity index (χ4n) is 2.80. The molecule has 4 nitrogen and oxygen atoms in total. The van der Waals surface area contributed by atoms with Crippen molar-refractivity contribution < 1.29 is 17.3 Å². The summed E-state index contributed by atoms with van der Waals surface area (Å²) in [5.74, 6) is 0. The number of benzene rings is 1. The maximum absolute atomic E-state index is 5.73. The summed E-state index contributed by atoms with van der Waals surface area (Å²) in [5.41, 5.74) is 7.85. The van der Waals surface area contributed by atoms with E-state index >= 15 is 0 Å². The molecular weight excluding hydrogens is 260 g/mol. The van der Waals surface area contributed by atoms with Crippen LogP contribution in [0.4, 0.5) is 11.4 Å². The van der Waals surface area contributed by atoms with Gasteiger partial charge >= 0.3 is 0 Å². The Kier molecular flexibility index (Phi) is 4.22. The number of quaternary nitrogens is 1. The van der Waals surface area contributed by atoms with Crippen LogP contribution in [0.2, 0.25) is 0 Å². The highest BCUT2D eigenvalue weighted by atomic mass is 35.5. The zero-order valence-electron chi connectivity index (χ0n) is 11.2. The highest BCUT2D eigenvalue weighted by molar-refractivity contribution is 5.53. The van der Waals surface area contributed by atoms with E-state index in [1.165, 1.54) is 17.0 Å². The summed E-state index contributed by atoms with van der Waals surface area (Å²) < 4.78 is 0. The van der Waals surface area contributed by atoms with Crippen molar-refractivity contribution in [3.63, 3.8) is 0 Å². The molecule has 2 heterocycles. The normalized spacial score (nSPS) is 25.7. The third kappa shape index (κ3) is 2.96. The molecule has 3 rings (SSSR count). The molecule has 2 aliphatic heterocycles. The highest BCUT2D eigenvalue weighted by Gasteiger charge is 2.29. The van der Waals surface area contributed by atoms with Gasteiger partial charge in [-0.2, -0.15) is 0 Å². The molecular formula is C14H21ClN4. The second-order valence-corrected chi connectivity index (χ2v) is 5.31. The van der Waals surface area contributed by atoms with E-state index in [0.29, 0.717) is 6.04 Å². The van der Waals surface area contributed by atoms with Crippen molar-refractivity contribution in [2.75, 3.05) is 37.4 Å². The van der Waals surface area contributed by atoms with Gasteiger partial charge in [-0.25, -0.2) is 0 Å². The highest BCUT2D eigenvalue weighted by Crippen LogP contribution is 2.24. The third-order valence-corrected chi connectivity index (χ3v) is 3.87. The van der Waals surface area contributed by atoms with Crippen LogP contribution in [0.15, 0.2) is 36.7 Å². The molecule has 104 valence electrons. The van der Waals surface area contributed by atoms with Crippen LogP contribution in [-0.2, 0) is 0 Å². The lowest BCUT2D eigenvalue weighted by atomic mass is 10.2. The number of rotatable bonds is 2.